The van der Waals surface area contributed by atoms with E-state index in [-0.39, 0.29) is 5.69 Å². The Labute approximate surface area is 119 Å². The van der Waals surface area contributed by atoms with Crippen molar-refractivity contribution in [2.24, 2.45) is 0 Å². The summed E-state index contributed by atoms with van der Waals surface area (Å²) in [5.41, 5.74) is 0.0603. The summed E-state index contributed by atoms with van der Waals surface area (Å²) in [4.78, 5) is 11.3. The van der Waals surface area contributed by atoms with Crippen molar-refractivity contribution in [2.75, 3.05) is 5.32 Å². The number of halogens is 3. The van der Waals surface area contributed by atoms with Gasteiger partial charge in [-0.3, -0.25) is 0 Å². The smallest absolute Gasteiger partial charge is 0.331 e. The summed E-state index contributed by atoms with van der Waals surface area (Å²) >= 11 is 0. The van der Waals surface area contributed by atoms with E-state index in [2.05, 4.69) is 5.32 Å². The number of benzene rings is 2. The first-order chi connectivity index (χ1) is 9.88. The molecule has 0 saturated heterocycles. The lowest BCUT2D eigenvalue weighted by molar-refractivity contribution is -0.138. The number of rotatable bonds is 4. The molecule has 21 heavy (non-hydrogen) atoms. The Balaban J connectivity index is 2.43. The van der Waals surface area contributed by atoms with Gasteiger partial charge in [-0.25, -0.2) is 18.0 Å². The van der Waals surface area contributed by atoms with Crippen molar-refractivity contribution in [2.45, 2.75) is 13.0 Å². The molecule has 0 aromatic heterocycles. The van der Waals surface area contributed by atoms with Gasteiger partial charge in [-0.2, -0.15) is 0 Å². The van der Waals surface area contributed by atoms with Gasteiger partial charge in [-0.15, -0.1) is 0 Å². The first-order valence-electron chi connectivity index (χ1n) is 6.09. The number of nitrogens with one attached hydrogen (secondary N) is 1. The SMILES string of the molecule is Cc1cc(F)cc(NC(C(=O)O)c2c(F)cccc2F)c1. The van der Waals surface area contributed by atoms with Crippen LogP contribution in [-0.2, 0) is 4.79 Å². The zero-order chi connectivity index (χ0) is 15.6. The van der Waals surface area contributed by atoms with E-state index in [1.54, 1.807) is 6.92 Å². The van der Waals surface area contributed by atoms with Crippen molar-refractivity contribution in [1.29, 1.82) is 0 Å². The predicted molar refractivity (Wildman–Crippen MR) is 71.5 cm³/mol. The minimum absolute atomic E-state index is 0.127. The lowest BCUT2D eigenvalue weighted by atomic mass is 10.0. The van der Waals surface area contributed by atoms with Crippen LogP contribution in [0.1, 0.15) is 17.2 Å². The van der Waals surface area contributed by atoms with E-state index in [0.29, 0.717) is 5.56 Å². The van der Waals surface area contributed by atoms with Gasteiger partial charge in [-0.05, 0) is 42.8 Å². The molecule has 0 radical (unpaired) electrons. The molecule has 2 N–H and O–H groups in total. The van der Waals surface area contributed by atoms with Gasteiger partial charge < -0.3 is 10.4 Å². The quantitative estimate of drug-likeness (QED) is 0.905. The largest absolute Gasteiger partial charge is 0.479 e. The normalized spacial score (nSPS) is 12.0. The second-order valence-corrected chi connectivity index (χ2v) is 4.57. The highest BCUT2D eigenvalue weighted by Gasteiger charge is 2.26. The third-order valence-corrected chi connectivity index (χ3v) is 2.89. The van der Waals surface area contributed by atoms with Crippen LogP contribution in [0.5, 0.6) is 0 Å². The van der Waals surface area contributed by atoms with Crippen molar-refractivity contribution in [3.63, 3.8) is 0 Å². The standard InChI is InChI=1S/C15H12F3NO2/c1-8-5-9(16)7-10(6-8)19-14(15(20)21)13-11(17)3-2-4-12(13)18/h2-7,14,19H,1H3,(H,20,21). The maximum atomic E-state index is 13.7. The third-order valence-electron chi connectivity index (χ3n) is 2.89. The van der Waals surface area contributed by atoms with Gasteiger partial charge in [0.2, 0.25) is 0 Å². The highest BCUT2D eigenvalue weighted by atomic mass is 19.1. The lowest BCUT2D eigenvalue weighted by Crippen LogP contribution is -2.23. The summed E-state index contributed by atoms with van der Waals surface area (Å²) in [5.74, 6) is -4.01. The maximum Gasteiger partial charge on any atom is 0.331 e. The van der Waals surface area contributed by atoms with Crippen molar-refractivity contribution in [1.82, 2.24) is 0 Å². The molecule has 0 heterocycles. The molecule has 110 valence electrons. The van der Waals surface area contributed by atoms with Crippen molar-refractivity contribution < 1.29 is 23.1 Å². The number of aliphatic carboxylic acids is 1. The number of carboxylic acids is 1. The van der Waals surface area contributed by atoms with Gasteiger partial charge in [0.15, 0.2) is 6.04 Å². The van der Waals surface area contributed by atoms with Gasteiger partial charge in [0.25, 0.3) is 0 Å². The molecule has 6 heteroatoms. The second kappa shape index (κ2) is 5.87. The molecule has 2 rings (SSSR count). The summed E-state index contributed by atoms with van der Waals surface area (Å²) < 4.78 is 40.7. The molecule has 0 aliphatic heterocycles. The maximum absolute atomic E-state index is 13.7. The van der Waals surface area contributed by atoms with E-state index in [0.717, 1.165) is 24.3 Å². The monoisotopic (exact) mass is 295 g/mol. The fraction of sp³-hybridized carbons (Fsp3) is 0.133. The van der Waals surface area contributed by atoms with E-state index in [1.807, 2.05) is 0 Å². The Morgan fingerprint density at radius 1 is 1.14 bits per heavy atom. The van der Waals surface area contributed by atoms with Crippen LogP contribution in [0.2, 0.25) is 0 Å². The van der Waals surface area contributed by atoms with E-state index in [9.17, 15) is 23.1 Å². The molecular weight excluding hydrogens is 283 g/mol. The number of carbonyl (C=O) groups is 1. The second-order valence-electron chi connectivity index (χ2n) is 4.57. The summed E-state index contributed by atoms with van der Waals surface area (Å²) in [7, 11) is 0. The molecule has 2 aromatic rings. The highest BCUT2D eigenvalue weighted by Crippen LogP contribution is 2.26. The molecule has 0 fully saturated rings. The van der Waals surface area contributed by atoms with Gasteiger partial charge >= 0.3 is 5.97 Å². The number of hydrogen-bond donors (Lipinski definition) is 2. The average Bonchev–Trinajstić information content (AvgIpc) is 2.35. The van der Waals surface area contributed by atoms with E-state index < -0.39 is 35.0 Å². The Hall–Kier alpha value is -2.50. The molecule has 0 saturated carbocycles. The molecule has 1 unspecified atom stereocenters. The third kappa shape index (κ3) is 3.34. The zero-order valence-electron chi connectivity index (χ0n) is 11.0. The number of aryl methyl sites for hydroxylation is 1. The van der Waals surface area contributed by atoms with E-state index >= 15 is 0 Å². The van der Waals surface area contributed by atoms with Gasteiger partial charge in [0.1, 0.15) is 17.5 Å². The van der Waals surface area contributed by atoms with Gasteiger partial charge in [-0.1, -0.05) is 6.07 Å². The van der Waals surface area contributed by atoms with Crippen LogP contribution in [0, 0.1) is 24.4 Å². The summed E-state index contributed by atoms with van der Waals surface area (Å²) in [5, 5.41) is 11.6. The van der Waals surface area contributed by atoms with E-state index in [4.69, 9.17) is 0 Å². The van der Waals surface area contributed by atoms with Crippen LogP contribution in [-0.4, -0.2) is 11.1 Å². The fourth-order valence-electron chi connectivity index (χ4n) is 2.03. The van der Waals surface area contributed by atoms with Crippen molar-refractivity contribution in [3.05, 3.63) is 65.0 Å². The van der Waals surface area contributed by atoms with Crippen molar-refractivity contribution in [3.8, 4) is 0 Å². The molecule has 0 bridgehead atoms. The predicted octanol–water partition coefficient (Wildman–Crippen LogP) is 3.65. The van der Waals surface area contributed by atoms with Crippen LogP contribution in [0.4, 0.5) is 18.9 Å². The lowest BCUT2D eigenvalue weighted by Gasteiger charge is -2.18. The highest BCUT2D eigenvalue weighted by molar-refractivity contribution is 5.79. The molecule has 0 amide bonds. The fourth-order valence-corrected chi connectivity index (χ4v) is 2.03. The Kier molecular flexibility index (Phi) is 4.16. The zero-order valence-corrected chi connectivity index (χ0v) is 11.0. The molecule has 0 spiro atoms. The van der Waals surface area contributed by atoms with Crippen LogP contribution in [0.15, 0.2) is 36.4 Å². The van der Waals surface area contributed by atoms with Crippen LogP contribution in [0.25, 0.3) is 0 Å². The number of hydrogen-bond acceptors (Lipinski definition) is 2. The minimum atomic E-state index is -1.66. The first kappa shape index (κ1) is 14.9. The molecule has 0 aliphatic rings. The average molecular weight is 295 g/mol. The first-order valence-corrected chi connectivity index (χ1v) is 6.09. The van der Waals surface area contributed by atoms with Crippen LogP contribution in [0.3, 0.4) is 0 Å². The Morgan fingerprint density at radius 3 is 2.29 bits per heavy atom. The number of carboxylic acid groups (broad SMARTS) is 1. The molecule has 1 atom stereocenters. The molecule has 3 nitrogen and oxygen atoms in total. The summed E-state index contributed by atoms with van der Waals surface area (Å²) in [6.07, 6.45) is 0. The Morgan fingerprint density at radius 2 is 1.76 bits per heavy atom. The molecular formula is C15H12F3NO2. The van der Waals surface area contributed by atoms with Gasteiger partial charge in [0, 0.05) is 5.69 Å². The summed E-state index contributed by atoms with van der Waals surface area (Å²) in [6.45, 7) is 1.62. The van der Waals surface area contributed by atoms with E-state index in [1.165, 1.54) is 12.1 Å². The summed E-state index contributed by atoms with van der Waals surface area (Å²) in [6, 6.07) is 5.20. The van der Waals surface area contributed by atoms with Crippen LogP contribution >= 0.6 is 0 Å². The molecule has 0 aliphatic carbocycles. The minimum Gasteiger partial charge on any atom is -0.479 e. The number of anilines is 1. The van der Waals surface area contributed by atoms with Crippen molar-refractivity contribution >= 4 is 11.7 Å². The topological polar surface area (TPSA) is 49.3 Å². The Bertz CT molecular complexity index is 648. The van der Waals surface area contributed by atoms with Crippen LogP contribution < -0.4 is 5.32 Å². The van der Waals surface area contributed by atoms with Gasteiger partial charge in [0.05, 0.1) is 5.56 Å². The molecule has 2 aromatic carbocycles.